The van der Waals surface area contributed by atoms with Crippen molar-refractivity contribution in [2.45, 2.75) is 33.1 Å². The minimum Gasteiger partial charge on any atom is -0.497 e. The molecule has 1 aromatic carbocycles. The summed E-state index contributed by atoms with van der Waals surface area (Å²) >= 11 is 0. The highest BCUT2D eigenvalue weighted by atomic mass is 16.5. The normalized spacial score (nSPS) is 16.9. The van der Waals surface area contributed by atoms with Crippen LogP contribution >= 0.6 is 0 Å². The van der Waals surface area contributed by atoms with Gasteiger partial charge in [0.1, 0.15) is 23.1 Å². The van der Waals surface area contributed by atoms with E-state index in [4.69, 9.17) is 4.74 Å². The molecule has 1 unspecified atom stereocenters. The van der Waals surface area contributed by atoms with E-state index < -0.39 is 0 Å². The highest BCUT2D eigenvalue weighted by Gasteiger charge is 2.19. The Morgan fingerprint density at radius 2 is 2.07 bits per heavy atom. The molecule has 2 aromatic rings. The van der Waals surface area contributed by atoms with E-state index in [1.807, 2.05) is 37.3 Å². The highest BCUT2D eigenvalue weighted by molar-refractivity contribution is 5.92. The van der Waals surface area contributed by atoms with Gasteiger partial charge in [0.05, 0.1) is 7.11 Å². The van der Waals surface area contributed by atoms with Gasteiger partial charge in [0.2, 0.25) is 0 Å². The van der Waals surface area contributed by atoms with Crippen LogP contribution in [0, 0.1) is 12.8 Å². The Bertz CT molecular complexity index is 776. The van der Waals surface area contributed by atoms with Crippen LogP contribution in [-0.4, -0.2) is 42.6 Å². The number of piperidine rings is 1. The van der Waals surface area contributed by atoms with Crippen molar-refractivity contribution in [2.75, 3.05) is 31.6 Å². The first-order valence-corrected chi connectivity index (χ1v) is 9.57. The van der Waals surface area contributed by atoms with Gasteiger partial charge in [0.15, 0.2) is 0 Å². The molecule has 0 radical (unpaired) electrons. The molecule has 0 aliphatic carbocycles. The molecule has 144 valence electrons. The fourth-order valence-electron chi connectivity index (χ4n) is 3.43. The fourth-order valence-corrected chi connectivity index (χ4v) is 3.43. The molecule has 1 atom stereocenters. The summed E-state index contributed by atoms with van der Waals surface area (Å²) in [6.45, 7) is 6.62. The van der Waals surface area contributed by atoms with Gasteiger partial charge in [-0.05, 0) is 49.8 Å². The zero-order valence-corrected chi connectivity index (χ0v) is 16.4. The molecule has 6 heteroatoms. The standard InChI is InChI=1S/C21H28N4O2/c1-15-5-4-12-25(14-15)20-13-19(23-16(2)24-20)21(26)22-11-10-17-6-8-18(27-3)9-7-17/h6-9,13,15H,4-5,10-12,14H2,1-3H3,(H,22,26). The average molecular weight is 368 g/mol. The summed E-state index contributed by atoms with van der Waals surface area (Å²) < 4.78 is 5.16. The lowest BCUT2D eigenvalue weighted by atomic mass is 10.0. The Balaban J connectivity index is 1.60. The van der Waals surface area contributed by atoms with Crippen molar-refractivity contribution in [3.63, 3.8) is 0 Å². The number of methoxy groups -OCH3 is 1. The van der Waals surface area contributed by atoms with Crippen LogP contribution < -0.4 is 15.0 Å². The van der Waals surface area contributed by atoms with Crippen LogP contribution in [0.1, 0.15) is 41.6 Å². The van der Waals surface area contributed by atoms with Crippen LogP contribution in [0.2, 0.25) is 0 Å². The Hall–Kier alpha value is -2.63. The maximum atomic E-state index is 12.5. The lowest BCUT2D eigenvalue weighted by molar-refractivity contribution is 0.0948. The molecule has 1 aliphatic heterocycles. The number of hydrogen-bond donors (Lipinski definition) is 1. The van der Waals surface area contributed by atoms with Crippen LogP contribution in [0.15, 0.2) is 30.3 Å². The summed E-state index contributed by atoms with van der Waals surface area (Å²) in [5, 5.41) is 2.96. The highest BCUT2D eigenvalue weighted by Crippen LogP contribution is 2.22. The number of nitrogens with zero attached hydrogens (tertiary/aromatic N) is 3. The van der Waals surface area contributed by atoms with Crippen LogP contribution in [0.4, 0.5) is 5.82 Å². The molecule has 6 nitrogen and oxygen atoms in total. The van der Waals surface area contributed by atoms with Crippen molar-refractivity contribution >= 4 is 11.7 Å². The number of aryl methyl sites for hydroxylation is 1. The van der Waals surface area contributed by atoms with Crippen molar-refractivity contribution in [1.82, 2.24) is 15.3 Å². The lowest BCUT2D eigenvalue weighted by Gasteiger charge is -2.32. The van der Waals surface area contributed by atoms with Gasteiger partial charge in [0, 0.05) is 25.7 Å². The number of amides is 1. The Morgan fingerprint density at radius 3 is 2.78 bits per heavy atom. The van der Waals surface area contributed by atoms with E-state index >= 15 is 0 Å². The van der Waals surface area contributed by atoms with E-state index in [0.29, 0.717) is 24.0 Å². The van der Waals surface area contributed by atoms with Gasteiger partial charge in [-0.25, -0.2) is 9.97 Å². The van der Waals surface area contributed by atoms with Gasteiger partial charge in [-0.3, -0.25) is 4.79 Å². The van der Waals surface area contributed by atoms with Gasteiger partial charge in [-0.15, -0.1) is 0 Å². The molecule has 2 heterocycles. The maximum Gasteiger partial charge on any atom is 0.270 e. The number of carbonyl (C=O) groups excluding carboxylic acids is 1. The first-order chi connectivity index (χ1) is 13.0. The molecule has 0 bridgehead atoms. The second-order valence-corrected chi connectivity index (χ2v) is 7.21. The van der Waals surface area contributed by atoms with Crippen molar-refractivity contribution in [1.29, 1.82) is 0 Å². The number of benzene rings is 1. The van der Waals surface area contributed by atoms with Crippen molar-refractivity contribution < 1.29 is 9.53 Å². The zero-order valence-electron chi connectivity index (χ0n) is 16.4. The molecule has 1 amide bonds. The fraction of sp³-hybridized carbons (Fsp3) is 0.476. The topological polar surface area (TPSA) is 67.3 Å². The SMILES string of the molecule is COc1ccc(CCNC(=O)c2cc(N3CCCC(C)C3)nc(C)n2)cc1. The molecular weight excluding hydrogens is 340 g/mol. The predicted octanol–water partition coefficient (Wildman–Crippen LogP) is 3.00. The van der Waals surface area contributed by atoms with Gasteiger partial charge < -0.3 is 15.0 Å². The van der Waals surface area contributed by atoms with Gasteiger partial charge in [-0.2, -0.15) is 0 Å². The number of nitrogens with one attached hydrogen (secondary N) is 1. The van der Waals surface area contributed by atoms with E-state index in [2.05, 4.69) is 27.1 Å². The molecule has 1 saturated heterocycles. The summed E-state index contributed by atoms with van der Waals surface area (Å²) in [6.07, 6.45) is 3.17. The van der Waals surface area contributed by atoms with E-state index in [-0.39, 0.29) is 5.91 Å². The van der Waals surface area contributed by atoms with Gasteiger partial charge in [-0.1, -0.05) is 19.1 Å². The van der Waals surface area contributed by atoms with Crippen LogP contribution in [0.3, 0.4) is 0 Å². The molecule has 1 fully saturated rings. The smallest absolute Gasteiger partial charge is 0.270 e. The summed E-state index contributed by atoms with van der Waals surface area (Å²) in [6, 6.07) is 9.69. The molecule has 1 aliphatic rings. The second kappa shape index (κ2) is 8.84. The van der Waals surface area contributed by atoms with Gasteiger partial charge in [0.25, 0.3) is 5.91 Å². The predicted molar refractivity (Wildman–Crippen MR) is 106 cm³/mol. The minimum absolute atomic E-state index is 0.152. The lowest BCUT2D eigenvalue weighted by Crippen LogP contribution is -2.35. The van der Waals surface area contributed by atoms with E-state index in [9.17, 15) is 4.79 Å². The molecule has 3 rings (SSSR count). The zero-order chi connectivity index (χ0) is 19.2. The molecule has 1 N–H and O–H groups in total. The number of carbonyl (C=O) groups is 1. The summed E-state index contributed by atoms with van der Waals surface area (Å²) in [5.41, 5.74) is 1.59. The van der Waals surface area contributed by atoms with E-state index in [1.165, 1.54) is 6.42 Å². The number of anilines is 1. The van der Waals surface area contributed by atoms with Crippen molar-refractivity contribution in [3.8, 4) is 5.75 Å². The molecule has 27 heavy (non-hydrogen) atoms. The molecular formula is C21H28N4O2. The monoisotopic (exact) mass is 368 g/mol. The largest absolute Gasteiger partial charge is 0.497 e. The third-order valence-electron chi connectivity index (χ3n) is 4.90. The summed E-state index contributed by atoms with van der Waals surface area (Å²) in [4.78, 5) is 23.7. The van der Waals surface area contributed by atoms with Crippen molar-refractivity contribution in [2.24, 2.45) is 5.92 Å². The number of ether oxygens (including phenoxy) is 1. The van der Waals surface area contributed by atoms with Gasteiger partial charge >= 0.3 is 0 Å². The Kier molecular flexibility index (Phi) is 6.27. The summed E-state index contributed by atoms with van der Waals surface area (Å²) in [7, 11) is 1.65. The van der Waals surface area contributed by atoms with Crippen molar-refractivity contribution in [3.05, 3.63) is 47.4 Å². The first-order valence-electron chi connectivity index (χ1n) is 9.57. The average Bonchev–Trinajstić information content (AvgIpc) is 2.68. The van der Waals surface area contributed by atoms with E-state index in [0.717, 1.165) is 43.1 Å². The van der Waals surface area contributed by atoms with Crippen LogP contribution in [0.5, 0.6) is 5.75 Å². The summed E-state index contributed by atoms with van der Waals surface area (Å²) in [5.74, 6) is 2.82. The molecule has 0 saturated carbocycles. The first kappa shape index (κ1) is 19.1. The minimum atomic E-state index is -0.152. The van der Waals surface area contributed by atoms with Crippen LogP contribution in [0.25, 0.3) is 0 Å². The number of aromatic nitrogens is 2. The molecule has 1 aromatic heterocycles. The number of rotatable bonds is 6. The molecule has 0 spiro atoms. The third-order valence-corrected chi connectivity index (χ3v) is 4.90. The Morgan fingerprint density at radius 1 is 1.30 bits per heavy atom. The maximum absolute atomic E-state index is 12.5. The second-order valence-electron chi connectivity index (χ2n) is 7.21. The quantitative estimate of drug-likeness (QED) is 0.849. The Labute approximate surface area is 161 Å². The van der Waals surface area contributed by atoms with Crippen LogP contribution in [-0.2, 0) is 6.42 Å². The number of hydrogen-bond acceptors (Lipinski definition) is 5. The third kappa shape index (κ3) is 5.18. The van der Waals surface area contributed by atoms with E-state index in [1.54, 1.807) is 7.11 Å².